The standard InChI is InChI=1S/C29H37ClN2O4/c1-21-19-23(31(11-15-33)12-16-34)7-9-25(21)29(27-5-3-4-6-28(27)30)26-10-8-24(20-22(26)2)32(13-17-35)14-18-36/h3-10,19-20,29,33-36H,11-18H2,1-2H3/p+1. The smallest absolute Gasteiger partial charge is 0.131 e. The van der Waals surface area contributed by atoms with Gasteiger partial charge in [-0.25, -0.2) is 0 Å². The van der Waals surface area contributed by atoms with Crippen molar-refractivity contribution in [1.29, 1.82) is 0 Å². The first-order chi connectivity index (χ1) is 17.4. The van der Waals surface area contributed by atoms with Crippen molar-refractivity contribution >= 4 is 23.0 Å². The van der Waals surface area contributed by atoms with Crippen molar-refractivity contribution < 1.29 is 25.3 Å². The zero-order chi connectivity index (χ0) is 26.1. The van der Waals surface area contributed by atoms with E-state index in [1.165, 1.54) is 0 Å². The second kappa shape index (κ2) is 13.7. The van der Waals surface area contributed by atoms with Crippen LogP contribution >= 0.6 is 11.6 Å². The molecule has 1 atom stereocenters. The highest BCUT2D eigenvalue weighted by Gasteiger charge is 2.24. The molecule has 1 unspecified atom stereocenters. The van der Waals surface area contributed by atoms with Crippen LogP contribution in [0.4, 0.5) is 11.4 Å². The molecule has 3 aromatic rings. The number of benzene rings is 3. The van der Waals surface area contributed by atoms with Crippen LogP contribution in [0.15, 0.2) is 60.7 Å². The number of aliphatic hydroxyl groups excluding tert-OH is 4. The van der Waals surface area contributed by atoms with Crippen molar-refractivity contribution in [2.24, 2.45) is 0 Å². The molecule has 0 aliphatic heterocycles. The molecule has 3 aromatic carbocycles. The van der Waals surface area contributed by atoms with Gasteiger partial charge < -0.3 is 25.3 Å². The van der Waals surface area contributed by atoms with Crippen LogP contribution < -0.4 is 9.80 Å². The predicted molar refractivity (Wildman–Crippen MR) is 146 cm³/mol. The lowest BCUT2D eigenvalue weighted by atomic mass is 9.81. The molecule has 5 N–H and O–H groups in total. The van der Waals surface area contributed by atoms with Crippen molar-refractivity contribution in [3.8, 4) is 0 Å². The van der Waals surface area contributed by atoms with Gasteiger partial charge in [0.15, 0.2) is 0 Å². The molecule has 194 valence electrons. The minimum Gasteiger partial charge on any atom is -0.395 e. The van der Waals surface area contributed by atoms with Crippen LogP contribution in [0, 0.1) is 13.8 Å². The van der Waals surface area contributed by atoms with E-state index >= 15 is 0 Å². The third-order valence-corrected chi connectivity index (χ3v) is 7.05. The molecule has 0 amide bonds. The Labute approximate surface area is 219 Å². The fourth-order valence-electron chi connectivity index (χ4n) is 4.91. The summed E-state index contributed by atoms with van der Waals surface area (Å²) in [5, 5.41) is 38.6. The van der Waals surface area contributed by atoms with E-state index in [1.807, 2.05) is 29.2 Å². The molecule has 0 aromatic heterocycles. The highest BCUT2D eigenvalue weighted by atomic mass is 35.5. The summed E-state index contributed by atoms with van der Waals surface area (Å²) in [6, 6.07) is 20.5. The first kappa shape index (κ1) is 28.1. The summed E-state index contributed by atoms with van der Waals surface area (Å²) < 4.78 is 0. The first-order valence-corrected chi connectivity index (χ1v) is 12.8. The fraction of sp³-hybridized carbons (Fsp3) is 0.379. The molecule has 7 heteroatoms. The average Bonchev–Trinajstić information content (AvgIpc) is 2.86. The molecule has 0 heterocycles. The van der Waals surface area contributed by atoms with Crippen LogP contribution in [0.25, 0.3) is 0 Å². The Morgan fingerprint density at radius 3 is 1.83 bits per heavy atom. The quantitative estimate of drug-likeness (QED) is 0.227. The Bertz CT molecular complexity index is 1050. The highest BCUT2D eigenvalue weighted by Crippen LogP contribution is 2.40. The molecule has 0 saturated heterocycles. The van der Waals surface area contributed by atoms with Gasteiger partial charge in [0.2, 0.25) is 0 Å². The van der Waals surface area contributed by atoms with Gasteiger partial charge >= 0.3 is 0 Å². The molecular weight excluding hydrogens is 476 g/mol. The number of quaternary nitrogens is 1. The van der Waals surface area contributed by atoms with Gasteiger partial charge in [-0.15, -0.1) is 0 Å². The molecular formula is C29H38ClN2O4+. The van der Waals surface area contributed by atoms with Gasteiger partial charge in [0.25, 0.3) is 0 Å². The van der Waals surface area contributed by atoms with Crippen molar-refractivity contribution in [3.63, 3.8) is 0 Å². The average molecular weight is 514 g/mol. The summed E-state index contributed by atoms with van der Waals surface area (Å²) >= 11 is 6.73. The van der Waals surface area contributed by atoms with Gasteiger partial charge in [0, 0.05) is 35.8 Å². The fourth-order valence-corrected chi connectivity index (χ4v) is 5.15. The third kappa shape index (κ3) is 6.65. The summed E-state index contributed by atoms with van der Waals surface area (Å²) in [6.45, 7) is 6.27. The molecule has 0 saturated carbocycles. The van der Waals surface area contributed by atoms with Crippen molar-refractivity contribution in [1.82, 2.24) is 0 Å². The number of aryl methyl sites for hydroxylation is 2. The third-order valence-electron chi connectivity index (χ3n) is 6.70. The number of aliphatic hydroxyl groups is 4. The Hall–Kier alpha value is -2.45. The van der Waals surface area contributed by atoms with Crippen LogP contribution in [0.1, 0.15) is 33.7 Å². The molecule has 3 rings (SSSR count). The maximum atomic E-state index is 9.48. The zero-order valence-electron chi connectivity index (χ0n) is 21.1. The van der Waals surface area contributed by atoms with Crippen molar-refractivity contribution in [2.75, 3.05) is 57.5 Å². The van der Waals surface area contributed by atoms with Gasteiger partial charge in [-0.1, -0.05) is 41.9 Å². The van der Waals surface area contributed by atoms with Crippen LogP contribution in [0.5, 0.6) is 0 Å². The molecule has 0 radical (unpaired) electrons. The zero-order valence-corrected chi connectivity index (χ0v) is 21.9. The topological polar surface area (TPSA) is 88.6 Å². The monoisotopic (exact) mass is 513 g/mol. The molecule has 6 nitrogen and oxygen atoms in total. The molecule has 36 heavy (non-hydrogen) atoms. The molecule has 0 fully saturated rings. The number of hydrogen-bond acceptors (Lipinski definition) is 5. The SMILES string of the molecule is Cc1cc(N(CCO)CCO)ccc1C(c1ccc([NH+](CCO)CCO)cc1C)c1ccccc1Cl. The van der Waals surface area contributed by atoms with Crippen LogP contribution in [0.2, 0.25) is 5.02 Å². The van der Waals surface area contributed by atoms with E-state index in [0.29, 0.717) is 31.2 Å². The van der Waals surface area contributed by atoms with Gasteiger partial charge in [0.1, 0.15) is 18.8 Å². The second-order valence-corrected chi connectivity index (χ2v) is 9.46. The number of nitrogens with zero attached hydrogens (tertiary/aromatic N) is 1. The Morgan fingerprint density at radius 1 is 0.722 bits per heavy atom. The maximum Gasteiger partial charge on any atom is 0.131 e. The van der Waals surface area contributed by atoms with E-state index in [-0.39, 0.29) is 32.3 Å². The Morgan fingerprint density at radius 2 is 1.31 bits per heavy atom. The number of nitrogens with one attached hydrogen (secondary N) is 1. The summed E-state index contributed by atoms with van der Waals surface area (Å²) in [4.78, 5) is 3.01. The van der Waals surface area contributed by atoms with E-state index in [1.54, 1.807) is 0 Å². The van der Waals surface area contributed by atoms with Gasteiger partial charge in [-0.2, -0.15) is 0 Å². The summed E-state index contributed by atoms with van der Waals surface area (Å²) in [5.41, 5.74) is 7.47. The summed E-state index contributed by atoms with van der Waals surface area (Å²) in [5.74, 6) is -0.0925. The summed E-state index contributed by atoms with van der Waals surface area (Å²) in [7, 11) is 0. The predicted octanol–water partition coefficient (Wildman–Crippen LogP) is 2.43. The van der Waals surface area contributed by atoms with E-state index in [2.05, 4.69) is 50.2 Å². The minimum absolute atomic E-state index is 0.0140. The Kier molecular flexibility index (Phi) is 10.7. The van der Waals surface area contributed by atoms with E-state index in [4.69, 9.17) is 11.6 Å². The normalized spacial score (nSPS) is 12.2. The lowest BCUT2D eigenvalue weighted by Crippen LogP contribution is -3.08. The van der Waals surface area contributed by atoms with Gasteiger partial charge in [-0.3, -0.25) is 4.90 Å². The van der Waals surface area contributed by atoms with E-state index < -0.39 is 0 Å². The first-order valence-electron chi connectivity index (χ1n) is 12.4. The van der Waals surface area contributed by atoms with E-state index in [9.17, 15) is 20.4 Å². The lowest BCUT2D eigenvalue weighted by Gasteiger charge is -2.27. The van der Waals surface area contributed by atoms with Crippen LogP contribution in [-0.4, -0.2) is 73.0 Å². The number of halogens is 1. The highest BCUT2D eigenvalue weighted by molar-refractivity contribution is 6.31. The van der Waals surface area contributed by atoms with Crippen LogP contribution in [0.3, 0.4) is 0 Å². The molecule has 0 aliphatic rings. The summed E-state index contributed by atoms with van der Waals surface area (Å²) in [6.07, 6.45) is 0. The van der Waals surface area contributed by atoms with Gasteiger partial charge in [0.05, 0.1) is 26.4 Å². The molecule has 0 spiro atoms. The lowest BCUT2D eigenvalue weighted by molar-refractivity contribution is -0.833. The largest absolute Gasteiger partial charge is 0.395 e. The Balaban J connectivity index is 2.11. The van der Waals surface area contributed by atoms with Crippen molar-refractivity contribution in [3.05, 3.63) is 93.5 Å². The number of rotatable bonds is 13. The minimum atomic E-state index is -0.0925. The van der Waals surface area contributed by atoms with Crippen LogP contribution in [-0.2, 0) is 0 Å². The van der Waals surface area contributed by atoms with Gasteiger partial charge in [-0.05, 0) is 65.9 Å². The number of anilines is 1. The molecule has 0 aliphatic carbocycles. The second-order valence-electron chi connectivity index (χ2n) is 9.05. The molecule has 0 bridgehead atoms. The van der Waals surface area contributed by atoms with Crippen molar-refractivity contribution in [2.45, 2.75) is 19.8 Å². The maximum absolute atomic E-state index is 9.48. The van der Waals surface area contributed by atoms with E-state index in [0.717, 1.165) is 44.1 Å². The number of hydrogen-bond donors (Lipinski definition) is 5.